The van der Waals surface area contributed by atoms with E-state index in [1.54, 1.807) is 0 Å². The van der Waals surface area contributed by atoms with Gasteiger partial charge in [-0.3, -0.25) is 4.90 Å². The third kappa shape index (κ3) is 3.84. The number of methoxy groups -OCH3 is 1. The van der Waals surface area contributed by atoms with Crippen LogP contribution < -0.4 is 0 Å². The van der Waals surface area contributed by atoms with Gasteiger partial charge < -0.3 is 4.74 Å². The minimum atomic E-state index is -0.190. The van der Waals surface area contributed by atoms with Gasteiger partial charge >= 0.3 is 5.97 Å². The molecular weight excluding hydrogens is 214 g/mol. The second kappa shape index (κ2) is 6.80. The number of esters is 1. The standard InChI is InChI=1S/C14H25NO2/c1-5-13(14(16)17-4)9-10-15-11(2)7-6-8-12(15)3/h9,11-12H,5-8,10H2,1-4H3. The number of rotatable bonds is 4. The van der Waals surface area contributed by atoms with Gasteiger partial charge in [0.15, 0.2) is 0 Å². The lowest BCUT2D eigenvalue weighted by molar-refractivity contribution is -0.136. The van der Waals surface area contributed by atoms with Crippen molar-refractivity contribution < 1.29 is 9.53 Å². The second-order valence-corrected chi connectivity index (χ2v) is 4.90. The van der Waals surface area contributed by atoms with E-state index in [0.717, 1.165) is 18.5 Å². The molecule has 1 saturated heterocycles. The maximum Gasteiger partial charge on any atom is 0.333 e. The summed E-state index contributed by atoms with van der Waals surface area (Å²) in [5, 5.41) is 0. The Bertz CT molecular complexity index is 276. The van der Waals surface area contributed by atoms with E-state index < -0.39 is 0 Å². The molecule has 98 valence electrons. The Morgan fingerprint density at radius 3 is 2.41 bits per heavy atom. The molecule has 1 aliphatic heterocycles. The molecule has 1 rings (SSSR count). The third-order valence-electron chi connectivity index (χ3n) is 3.75. The number of piperidine rings is 1. The lowest BCUT2D eigenvalue weighted by Crippen LogP contribution is -2.43. The summed E-state index contributed by atoms with van der Waals surface area (Å²) >= 11 is 0. The maximum absolute atomic E-state index is 11.5. The predicted molar refractivity (Wildman–Crippen MR) is 69.9 cm³/mol. The first-order valence-corrected chi connectivity index (χ1v) is 6.63. The molecule has 17 heavy (non-hydrogen) atoms. The average molecular weight is 239 g/mol. The Kier molecular flexibility index (Phi) is 5.69. The van der Waals surface area contributed by atoms with Crippen LogP contribution in [0.3, 0.4) is 0 Å². The largest absolute Gasteiger partial charge is 0.466 e. The van der Waals surface area contributed by atoms with Crippen LogP contribution in [0, 0.1) is 0 Å². The monoisotopic (exact) mass is 239 g/mol. The normalized spacial score (nSPS) is 26.9. The predicted octanol–water partition coefficient (Wildman–Crippen LogP) is 2.76. The zero-order valence-electron chi connectivity index (χ0n) is 11.5. The van der Waals surface area contributed by atoms with Gasteiger partial charge in [-0.15, -0.1) is 0 Å². The zero-order valence-corrected chi connectivity index (χ0v) is 11.5. The smallest absolute Gasteiger partial charge is 0.333 e. The van der Waals surface area contributed by atoms with E-state index in [4.69, 9.17) is 4.74 Å². The van der Waals surface area contributed by atoms with Crippen molar-refractivity contribution in [3.63, 3.8) is 0 Å². The number of likely N-dealkylation sites (tertiary alicyclic amines) is 1. The van der Waals surface area contributed by atoms with Crippen LogP contribution in [0.5, 0.6) is 0 Å². The molecule has 0 amide bonds. The van der Waals surface area contributed by atoms with Gasteiger partial charge in [-0.1, -0.05) is 19.4 Å². The van der Waals surface area contributed by atoms with Crippen LogP contribution in [0.1, 0.15) is 46.5 Å². The van der Waals surface area contributed by atoms with Crippen molar-refractivity contribution in [2.45, 2.75) is 58.5 Å². The van der Waals surface area contributed by atoms with E-state index in [-0.39, 0.29) is 5.97 Å². The highest BCUT2D eigenvalue weighted by molar-refractivity contribution is 5.88. The molecule has 0 radical (unpaired) electrons. The molecule has 2 unspecified atom stereocenters. The van der Waals surface area contributed by atoms with Crippen LogP contribution in [0.4, 0.5) is 0 Å². The summed E-state index contributed by atoms with van der Waals surface area (Å²) in [6.07, 6.45) is 6.61. The lowest BCUT2D eigenvalue weighted by atomic mass is 9.97. The summed E-state index contributed by atoms with van der Waals surface area (Å²) in [6, 6.07) is 1.23. The molecule has 1 aliphatic rings. The fraction of sp³-hybridized carbons (Fsp3) is 0.786. The van der Waals surface area contributed by atoms with E-state index >= 15 is 0 Å². The van der Waals surface area contributed by atoms with Crippen LogP contribution in [-0.4, -0.2) is 36.6 Å². The molecule has 1 heterocycles. The first-order valence-electron chi connectivity index (χ1n) is 6.63. The Balaban J connectivity index is 2.62. The lowest BCUT2D eigenvalue weighted by Gasteiger charge is -2.38. The summed E-state index contributed by atoms with van der Waals surface area (Å²) in [5.41, 5.74) is 0.789. The summed E-state index contributed by atoms with van der Waals surface area (Å²) in [4.78, 5) is 13.9. The molecule has 0 aliphatic carbocycles. The van der Waals surface area contributed by atoms with E-state index in [2.05, 4.69) is 18.7 Å². The average Bonchev–Trinajstić information content (AvgIpc) is 2.32. The van der Waals surface area contributed by atoms with Crippen molar-refractivity contribution >= 4 is 5.97 Å². The van der Waals surface area contributed by atoms with Crippen molar-refractivity contribution in [3.05, 3.63) is 11.6 Å². The number of hydrogen-bond donors (Lipinski definition) is 0. The quantitative estimate of drug-likeness (QED) is 0.558. The molecule has 3 heteroatoms. The molecule has 0 spiro atoms. The van der Waals surface area contributed by atoms with Gasteiger partial charge in [-0.2, -0.15) is 0 Å². The number of nitrogens with zero attached hydrogens (tertiary/aromatic N) is 1. The summed E-state index contributed by atoms with van der Waals surface area (Å²) in [5.74, 6) is -0.190. The summed E-state index contributed by atoms with van der Waals surface area (Å²) in [7, 11) is 1.44. The van der Waals surface area contributed by atoms with Gasteiger partial charge in [0, 0.05) is 24.2 Å². The topological polar surface area (TPSA) is 29.5 Å². The Morgan fingerprint density at radius 1 is 1.35 bits per heavy atom. The van der Waals surface area contributed by atoms with Gasteiger partial charge in [0.2, 0.25) is 0 Å². The van der Waals surface area contributed by atoms with Gasteiger partial charge in [0.1, 0.15) is 0 Å². The first-order chi connectivity index (χ1) is 8.10. The summed E-state index contributed by atoms with van der Waals surface area (Å²) in [6.45, 7) is 7.40. The SMILES string of the molecule is CCC(=CCN1C(C)CCCC1C)C(=O)OC. The van der Waals surface area contributed by atoms with Crippen molar-refractivity contribution in [3.8, 4) is 0 Å². The fourth-order valence-electron chi connectivity index (χ4n) is 2.55. The molecule has 2 atom stereocenters. The minimum absolute atomic E-state index is 0.190. The molecular formula is C14H25NO2. The van der Waals surface area contributed by atoms with Crippen LogP contribution in [-0.2, 0) is 9.53 Å². The van der Waals surface area contributed by atoms with E-state index in [1.807, 2.05) is 13.0 Å². The van der Waals surface area contributed by atoms with Crippen molar-refractivity contribution in [2.24, 2.45) is 0 Å². The van der Waals surface area contributed by atoms with Crippen molar-refractivity contribution in [1.82, 2.24) is 4.90 Å². The van der Waals surface area contributed by atoms with E-state index in [0.29, 0.717) is 12.1 Å². The van der Waals surface area contributed by atoms with Gasteiger partial charge in [-0.25, -0.2) is 4.79 Å². The van der Waals surface area contributed by atoms with E-state index in [9.17, 15) is 4.79 Å². The molecule has 0 aromatic heterocycles. The Morgan fingerprint density at radius 2 is 1.94 bits per heavy atom. The molecule has 0 bridgehead atoms. The number of carbonyl (C=O) groups excluding carboxylic acids is 1. The van der Waals surface area contributed by atoms with E-state index in [1.165, 1.54) is 26.4 Å². The van der Waals surface area contributed by atoms with Crippen molar-refractivity contribution in [1.29, 1.82) is 0 Å². The molecule has 0 N–H and O–H groups in total. The van der Waals surface area contributed by atoms with Crippen LogP contribution >= 0.6 is 0 Å². The number of carbonyl (C=O) groups is 1. The Hall–Kier alpha value is -0.830. The molecule has 1 fully saturated rings. The first kappa shape index (κ1) is 14.2. The molecule has 0 aromatic carbocycles. The highest BCUT2D eigenvalue weighted by Gasteiger charge is 2.23. The second-order valence-electron chi connectivity index (χ2n) is 4.90. The van der Waals surface area contributed by atoms with Crippen LogP contribution in [0.2, 0.25) is 0 Å². The van der Waals surface area contributed by atoms with Crippen LogP contribution in [0.25, 0.3) is 0 Å². The highest BCUT2D eigenvalue weighted by Crippen LogP contribution is 2.22. The van der Waals surface area contributed by atoms with Crippen LogP contribution in [0.15, 0.2) is 11.6 Å². The summed E-state index contributed by atoms with van der Waals surface area (Å²) < 4.78 is 4.77. The molecule has 3 nitrogen and oxygen atoms in total. The van der Waals surface area contributed by atoms with Gasteiger partial charge in [-0.05, 0) is 33.1 Å². The molecule has 0 saturated carbocycles. The number of hydrogen-bond acceptors (Lipinski definition) is 3. The third-order valence-corrected chi connectivity index (χ3v) is 3.75. The number of ether oxygens (including phenoxy) is 1. The fourth-order valence-corrected chi connectivity index (χ4v) is 2.55. The highest BCUT2D eigenvalue weighted by atomic mass is 16.5. The zero-order chi connectivity index (χ0) is 12.8. The maximum atomic E-state index is 11.5. The molecule has 0 aromatic rings. The minimum Gasteiger partial charge on any atom is -0.466 e. The van der Waals surface area contributed by atoms with Gasteiger partial charge in [0.25, 0.3) is 0 Å². The van der Waals surface area contributed by atoms with Crippen molar-refractivity contribution in [2.75, 3.05) is 13.7 Å². The Labute approximate surface area is 105 Å². The van der Waals surface area contributed by atoms with Gasteiger partial charge in [0.05, 0.1) is 7.11 Å².